The van der Waals surface area contributed by atoms with Gasteiger partial charge in [0.2, 0.25) is 5.91 Å². The molecule has 0 radical (unpaired) electrons. The first kappa shape index (κ1) is 23.8. The second-order valence-electron chi connectivity index (χ2n) is 8.50. The smallest absolute Gasteiger partial charge is 0.265 e. The van der Waals surface area contributed by atoms with Crippen LogP contribution in [0.1, 0.15) is 42.6 Å². The lowest BCUT2D eigenvalue weighted by atomic mass is 10.1. The molecule has 2 aliphatic heterocycles. The number of rotatable bonds is 9. The summed E-state index contributed by atoms with van der Waals surface area (Å²) in [5, 5.41) is 2.87. The Labute approximate surface area is 199 Å². The lowest BCUT2D eigenvalue weighted by Crippen LogP contribution is -2.52. The number of amides is 2. The Balaban J connectivity index is 1.46. The van der Waals surface area contributed by atoms with Gasteiger partial charge >= 0.3 is 0 Å². The normalized spacial score (nSPS) is 18.1. The Morgan fingerprint density at radius 3 is 2.85 bits per heavy atom. The Bertz CT molecular complexity index is 1060. The summed E-state index contributed by atoms with van der Waals surface area (Å²) in [5.41, 5.74) is 1.90. The molecule has 1 saturated heterocycles. The van der Waals surface area contributed by atoms with Crippen molar-refractivity contribution in [2.45, 2.75) is 45.3 Å². The van der Waals surface area contributed by atoms with Crippen molar-refractivity contribution >= 4 is 23.3 Å². The minimum atomic E-state index is -0.769. The molecule has 0 unspecified atom stereocenters. The highest BCUT2D eigenvalue weighted by Crippen LogP contribution is 2.34. The average Bonchev–Trinajstić information content (AvgIpc) is 3.39. The molecule has 0 saturated carbocycles. The Hall–Kier alpha value is -3.39. The monoisotopic (exact) mass is 466 g/mol. The third-order valence-corrected chi connectivity index (χ3v) is 6.13. The first-order chi connectivity index (χ1) is 16.5. The first-order valence-electron chi connectivity index (χ1n) is 11.7. The van der Waals surface area contributed by atoms with E-state index in [2.05, 4.69) is 12.2 Å². The fourth-order valence-electron chi connectivity index (χ4n) is 4.14. The first-order valence-corrected chi connectivity index (χ1v) is 11.7. The van der Waals surface area contributed by atoms with Gasteiger partial charge in [-0.15, -0.1) is 0 Å². The molecule has 8 heteroatoms. The van der Waals surface area contributed by atoms with Crippen molar-refractivity contribution in [3.8, 4) is 11.5 Å². The Morgan fingerprint density at radius 2 is 2.09 bits per heavy atom. The molecular weight excluding hydrogens is 436 g/mol. The minimum Gasteiger partial charge on any atom is -0.485 e. The molecule has 4 rings (SSSR count). The van der Waals surface area contributed by atoms with E-state index in [1.165, 1.54) is 4.90 Å². The van der Waals surface area contributed by atoms with Gasteiger partial charge < -0.3 is 19.5 Å². The van der Waals surface area contributed by atoms with Gasteiger partial charge in [-0.1, -0.05) is 19.1 Å². The van der Waals surface area contributed by atoms with Crippen molar-refractivity contribution in [1.82, 2.24) is 5.32 Å². The number of anilines is 1. The molecule has 180 valence electrons. The lowest BCUT2D eigenvalue weighted by molar-refractivity contribution is -0.127. The van der Waals surface area contributed by atoms with Crippen LogP contribution in [0.25, 0.3) is 0 Å². The fourth-order valence-corrected chi connectivity index (χ4v) is 4.14. The van der Waals surface area contributed by atoms with E-state index in [0.717, 1.165) is 24.8 Å². The molecule has 0 aliphatic carbocycles. The number of carbonyl (C=O) groups is 3. The maximum absolute atomic E-state index is 12.8. The van der Waals surface area contributed by atoms with Crippen molar-refractivity contribution in [3.05, 3.63) is 53.6 Å². The molecule has 0 aromatic heterocycles. The van der Waals surface area contributed by atoms with Crippen molar-refractivity contribution in [1.29, 1.82) is 0 Å². The highest BCUT2D eigenvalue weighted by Gasteiger charge is 2.34. The second kappa shape index (κ2) is 10.7. The predicted octanol–water partition coefficient (Wildman–Crippen LogP) is 2.92. The number of Topliss-reactive ketones (excluding diaryl/α,β-unsaturated/α-hetero) is 1. The van der Waals surface area contributed by atoms with Crippen molar-refractivity contribution in [2.75, 3.05) is 31.3 Å². The largest absolute Gasteiger partial charge is 0.485 e. The number of hydrogen-bond donors (Lipinski definition) is 1. The molecule has 2 aromatic carbocycles. The summed E-state index contributed by atoms with van der Waals surface area (Å²) in [6.45, 7) is 4.52. The third-order valence-electron chi connectivity index (χ3n) is 6.13. The molecule has 2 amide bonds. The standard InChI is InChI=1S/C26H30N2O6/c1-3-18-6-4-7-20(12-18)33-15-23(29)19-9-10-24-22(13-19)28(25(30)16-34-24)17(2)26(31)27-14-21-8-5-11-32-21/h4,6-7,9-10,12-13,17,21H,3,5,8,11,14-16H2,1-2H3,(H,27,31)/t17-,21-/m1/s1. The summed E-state index contributed by atoms with van der Waals surface area (Å²) in [4.78, 5) is 39.7. The van der Waals surface area contributed by atoms with Crippen LogP contribution in [0.2, 0.25) is 0 Å². The van der Waals surface area contributed by atoms with E-state index >= 15 is 0 Å². The van der Waals surface area contributed by atoms with E-state index in [-0.39, 0.29) is 36.9 Å². The van der Waals surface area contributed by atoms with Crippen LogP contribution in [-0.2, 0) is 20.7 Å². The maximum Gasteiger partial charge on any atom is 0.265 e. The van der Waals surface area contributed by atoms with Gasteiger partial charge in [0.25, 0.3) is 5.91 Å². The van der Waals surface area contributed by atoms with Crippen LogP contribution < -0.4 is 19.7 Å². The summed E-state index contributed by atoms with van der Waals surface area (Å²) >= 11 is 0. The van der Waals surface area contributed by atoms with Crippen LogP contribution in [-0.4, -0.2) is 56.1 Å². The zero-order chi connectivity index (χ0) is 24.1. The number of ether oxygens (including phenoxy) is 3. The Morgan fingerprint density at radius 1 is 1.24 bits per heavy atom. The quantitative estimate of drug-likeness (QED) is 0.571. The highest BCUT2D eigenvalue weighted by atomic mass is 16.5. The molecule has 0 bridgehead atoms. The van der Waals surface area contributed by atoms with E-state index in [4.69, 9.17) is 14.2 Å². The molecule has 1 fully saturated rings. The predicted molar refractivity (Wildman–Crippen MR) is 127 cm³/mol. The molecule has 2 aliphatic rings. The van der Waals surface area contributed by atoms with Crippen LogP contribution >= 0.6 is 0 Å². The SMILES string of the molecule is CCc1cccc(OCC(=O)c2ccc3c(c2)N([C@H](C)C(=O)NC[C@H]2CCCO2)C(=O)CO3)c1. The van der Waals surface area contributed by atoms with E-state index < -0.39 is 6.04 Å². The van der Waals surface area contributed by atoms with Crippen LogP contribution in [0.5, 0.6) is 11.5 Å². The molecule has 2 atom stereocenters. The minimum absolute atomic E-state index is 0.00562. The number of ketones is 1. The van der Waals surface area contributed by atoms with Gasteiger partial charge in [-0.25, -0.2) is 0 Å². The van der Waals surface area contributed by atoms with Crippen LogP contribution in [0.4, 0.5) is 5.69 Å². The Kier molecular flexibility index (Phi) is 7.47. The van der Waals surface area contributed by atoms with Crippen LogP contribution in [0.3, 0.4) is 0 Å². The van der Waals surface area contributed by atoms with Gasteiger partial charge in [-0.3, -0.25) is 19.3 Å². The molecule has 2 heterocycles. The van der Waals surface area contributed by atoms with Gasteiger partial charge in [-0.05, 0) is 62.1 Å². The molecule has 0 spiro atoms. The van der Waals surface area contributed by atoms with Gasteiger partial charge in [-0.2, -0.15) is 0 Å². The number of carbonyl (C=O) groups excluding carboxylic acids is 3. The van der Waals surface area contributed by atoms with E-state index in [9.17, 15) is 14.4 Å². The summed E-state index contributed by atoms with van der Waals surface area (Å²) in [6, 6.07) is 11.7. The molecule has 8 nitrogen and oxygen atoms in total. The molecule has 1 N–H and O–H groups in total. The summed E-state index contributed by atoms with van der Waals surface area (Å²) < 4.78 is 16.8. The number of nitrogens with zero attached hydrogens (tertiary/aromatic N) is 1. The highest BCUT2D eigenvalue weighted by molar-refractivity contribution is 6.05. The van der Waals surface area contributed by atoms with Crippen LogP contribution in [0, 0.1) is 0 Å². The molecule has 2 aromatic rings. The van der Waals surface area contributed by atoms with Crippen molar-refractivity contribution < 1.29 is 28.6 Å². The number of fused-ring (bicyclic) bond motifs is 1. The molecule has 34 heavy (non-hydrogen) atoms. The van der Waals surface area contributed by atoms with E-state index in [0.29, 0.717) is 35.9 Å². The maximum atomic E-state index is 12.8. The van der Waals surface area contributed by atoms with Crippen molar-refractivity contribution in [2.24, 2.45) is 0 Å². The second-order valence-corrected chi connectivity index (χ2v) is 8.50. The zero-order valence-corrected chi connectivity index (χ0v) is 19.5. The lowest BCUT2D eigenvalue weighted by Gasteiger charge is -2.33. The van der Waals surface area contributed by atoms with E-state index in [1.54, 1.807) is 25.1 Å². The summed E-state index contributed by atoms with van der Waals surface area (Å²) in [5.74, 6) is 0.212. The van der Waals surface area contributed by atoms with Crippen molar-refractivity contribution in [3.63, 3.8) is 0 Å². The average molecular weight is 467 g/mol. The number of hydrogen-bond acceptors (Lipinski definition) is 6. The van der Waals surface area contributed by atoms with Gasteiger partial charge in [0.1, 0.15) is 17.5 Å². The van der Waals surface area contributed by atoms with Crippen LogP contribution in [0.15, 0.2) is 42.5 Å². The fraction of sp³-hybridized carbons (Fsp3) is 0.423. The summed E-state index contributed by atoms with van der Waals surface area (Å²) in [6.07, 6.45) is 2.77. The van der Waals surface area contributed by atoms with E-state index in [1.807, 2.05) is 24.3 Å². The van der Waals surface area contributed by atoms with Gasteiger partial charge in [0.15, 0.2) is 19.0 Å². The number of benzene rings is 2. The van der Waals surface area contributed by atoms with Gasteiger partial charge in [0.05, 0.1) is 11.8 Å². The number of aryl methyl sites for hydroxylation is 1. The third kappa shape index (κ3) is 5.39. The number of nitrogens with one attached hydrogen (secondary N) is 1. The topological polar surface area (TPSA) is 94.2 Å². The van der Waals surface area contributed by atoms with Gasteiger partial charge in [0, 0.05) is 18.7 Å². The summed E-state index contributed by atoms with van der Waals surface area (Å²) in [7, 11) is 0. The zero-order valence-electron chi connectivity index (χ0n) is 19.5. The molecular formula is C26H30N2O6.